The van der Waals surface area contributed by atoms with Crippen molar-refractivity contribution in [1.29, 1.82) is 0 Å². The molecule has 0 atom stereocenters. The molecule has 0 spiro atoms. The van der Waals surface area contributed by atoms with Gasteiger partial charge in [0.1, 0.15) is 5.82 Å². The van der Waals surface area contributed by atoms with Crippen molar-refractivity contribution in [3.05, 3.63) is 52.1 Å². The van der Waals surface area contributed by atoms with Crippen LogP contribution < -0.4 is 10.6 Å². The van der Waals surface area contributed by atoms with E-state index in [0.29, 0.717) is 18.1 Å². The Morgan fingerprint density at radius 3 is 2.58 bits per heavy atom. The Kier molecular flexibility index (Phi) is 5.95. The maximum atomic E-state index is 13.6. The van der Waals surface area contributed by atoms with Crippen molar-refractivity contribution in [2.24, 2.45) is 12.0 Å². The molecule has 0 radical (unpaired) electrons. The number of aryl methyl sites for hydroxylation is 3. The third-order valence-electron chi connectivity index (χ3n) is 4.25. The van der Waals surface area contributed by atoms with Gasteiger partial charge in [0.15, 0.2) is 5.96 Å². The highest BCUT2D eigenvalue weighted by molar-refractivity contribution is 5.79. The molecule has 130 valence electrons. The molecule has 0 aliphatic heterocycles. The Labute approximate surface area is 143 Å². The molecule has 0 aliphatic carbocycles. The molecule has 0 amide bonds. The number of nitrogens with one attached hydrogen (secondary N) is 2. The van der Waals surface area contributed by atoms with Crippen molar-refractivity contribution in [2.45, 2.75) is 33.7 Å². The summed E-state index contributed by atoms with van der Waals surface area (Å²) in [5, 5.41) is 10.9. The summed E-state index contributed by atoms with van der Waals surface area (Å²) < 4.78 is 15.5. The molecule has 2 aromatic rings. The molecule has 1 heterocycles. The Balaban J connectivity index is 1.85. The van der Waals surface area contributed by atoms with E-state index in [9.17, 15) is 4.39 Å². The topological polar surface area (TPSA) is 54.2 Å². The predicted molar refractivity (Wildman–Crippen MR) is 95.7 cm³/mol. The molecule has 24 heavy (non-hydrogen) atoms. The maximum absolute atomic E-state index is 13.6. The second-order valence-corrected chi connectivity index (χ2v) is 5.96. The summed E-state index contributed by atoms with van der Waals surface area (Å²) in [5.74, 6) is 0.523. The van der Waals surface area contributed by atoms with E-state index in [4.69, 9.17) is 0 Å². The zero-order chi connectivity index (χ0) is 17.7. The van der Waals surface area contributed by atoms with Crippen LogP contribution in [0.2, 0.25) is 0 Å². The van der Waals surface area contributed by atoms with Crippen LogP contribution in [-0.4, -0.2) is 29.3 Å². The van der Waals surface area contributed by atoms with Gasteiger partial charge < -0.3 is 10.6 Å². The van der Waals surface area contributed by atoms with E-state index in [1.165, 1.54) is 11.3 Å². The molecule has 0 bridgehead atoms. The van der Waals surface area contributed by atoms with Crippen LogP contribution in [0.1, 0.15) is 28.1 Å². The van der Waals surface area contributed by atoms with Gasteiger partial charge in [-0.25, -0.2) is 4.39 Å². The number of aromatic nitrogens is 2. The first-order valence-corrected chi connectivity index (χ1v) is 8.11. The van der Waals surface area contributed by atoms with Crippen molar-refractivity contribution in [3.8, 4) is 0 Å². The highest BCUT2D eigenvalue weighted by Gasteiger charge is 2.09. The maximum Gasteiger partial charge on any atom is 0.191 e. The summed E-state index contributed by atoms with van der Waals surface area (Å²) in [6, 6.07) is 5.26. The Morgan fingerprint density at radius 2 is 2.00 bits per heavy atom. The fourth-order valence-corrected chi connectivity index (χ4v) is 2.64. The van der Waals surface area contributed by atoms with E-state index in [1.54, 1.807) is 26.1 Å². The van der Waals surface area contributed by atoms with E-state index in [-0.39, 0.29) is 5.82 Å². The monoisotopic (exact) mass is 331 g/mol. The molecule has 0 saturated heterocycles. The van der Waals surface area contributed by atoms with Gasteiger partial charge in [0.2, 0.25) is 0 Å². The average Bonchev–Trinajstić information content (AvgIpc) is 2.79. The van der Waals surface area contributed by atoms with Crippen LogP contribution in [-0.2, 0) is 20.0 Å². The minimum Gasteiger partial charge on any atom is -0.356 e. The van der Waals surface area contributed by atoms with E-state index < -0.39 is 0 Å². The van der Waals surface area contributed by atoms with Gasteiger partial charge in [-0.1, -0.05) is 12.1 Å². The smallest absolute Gasteiger partial charge is 0.191 e. The summed E-state index contributed by atoms with van der Waals surface area (Å²) in [5.41, 5.74) is 5.06. The first-order chi connectivity index (χ1) is 11.4. The molecule has 6 heteroatoms. The van der Waals surface area contributed by atoms with Crippen LogP contribution in [0.3, 0.4) is 0 Å². The van der Waals surface area contributed by atoms with E-state index in [0.717, 1.165) is 24.2 Å². The molecule has 5 nitrogen and oxygen atoms in total. The molecule has 0 aliphatic rings. The minimum atomic E-state index is -0.181. The third-order valence-corrected chi connectivity index (χ3v) is 4.25. The lowest BCUT2D eigenvalue weighted by molar-refractivity contribution is 0.615. The molecule has 0 fully saturated rings. The van der Waals surface area contributed by atoms with Gasteiger partial charge in [-0.2, -0.15) is 5.10 Å². The number of hydrogen-bond donors (Lipinski definition) is 2. The average molecular weight is 331 g/mol. The van der Waals surface area contributed by atoms with Crippen LogP contribution in [0.5, 0.6) is 0 Å². The van der Waals surface area contributed by atoms with Crippen molar-refractivity contribution in [1.82, 2.24) is 20.4 Å². The van der Waals surface area contributed by atoms with Gasteiger partial charge in [0.25, 0.3) is 0 Å². The van der Waals surface area contributed by atoms with Crippen molar-refractivity contribution in [3.63, 3.8) is 0 Å². The standard InChI is InChI=1S/C18H26FN5/c1-12-6-7-15(10-17(12)19)11-22-18(20-4)21-9-8-16-13(2)23-24(5)14(16)3/h6-7,10H,8-9,11H2,1-5H3,(H2,20,21,22). The van der Waals surface area contributed by atoms with Crippen LogP contribution in [0.15, 0.2) is 23.2 Å². The van der Waals surface area contributed by atoms with Gasteiger partial charge in [-0.15, -0.1) is 0 Å². The zero-order valence-corrected chi connectivity index (χ0v) is 15.1. The molecular formula is C18H26FN5. The van der Waals surface area contributed by atoms with Gasteiger partial charge in [-0.05, 0) is 49.9 Å². The van der Waals surface area contributed by atoms with Crippen molar-refractivity contribution < 1.29 is 4.39 Å². The predicted octanol–water partition coefficient (Wildman–Crippen LogP) is 2.39. The minimum absolute atomic E-state index is 0.181. The zero-order valence-electron chi connectivity index (χ0n) is 15.1. The molecular weight excluding hydrogens is 305 g/mol. The Bertz CT molecular complexity index is 733. The van der Waals surface area contributed by atoms with Crippen LogP contribution in [0.25, 0.3) is 0 Å². The SMILES string of the molecule is CN=C(NCCc1c(C)nn(C)c1C)NCc1ccc(C)c(F)c1. The summed E-state index contributed by atoms with van der Waals surface area (Å²) in [6.07, 6.45) is 0.880. The van der Waals surface area contributed by atoms with Gasteiger partial charge in [-0.3, -0.25) is 9.67 Å². The molecule has 2 rings (SSSR count). The van der Waals surface area contributed by atoms with Crippen LogP contribution in [0.4, 0.5) is 4.39 Å². The van der Waals surface area contributed by atoms with Gasteiger partial charge in [0.05, 0.1) is 5.69 Å². The quantitative estimate of drug-likeness (QED) is 0.653. The Morgan fingerprint density at radius 1 is 1.25 bits per heavy atom. The molecule has 1 aromatic heterocycles. The van der Waals surface area contributed by atoms with E-state index >= 15 is 0 Å². The third kappa shape index (κ3) is 4.34. The Hall–Kier alpha value is -2.37. The number of nitrogens with zero attached hydrogens (tertiary/aromatic N) is 3. The highest BCUT2D eigenvalue weighted by atomic mass is 19.1. The molecule has 1 aromatic carbocycles. The number of rotatable bonds is 5. The number of aliphatic imine (C=N–C) groups is 1. The summed E-state index contributed by atoms with van der Waals surface area (Å²) >= 11 is 0. The summed E-state index contributed by atoms with van der Waals surface area (Å²) in [6.45, 7) is 7.16. The largest absolute Gasteiger partial charge is 0.356 e. The van der Waals surface area contributed by atoms with Crippen molar-refractivity contribution in [2.75, 3.05) is 13.6 Å². The second kappa shape index (κ2) is 7.95. The van der Waals surface area contributed by atoms with Crippen molar-refractivity contribution >= 4 is 5.96 Å². The fraction of sp³-hybridized carbons (Fsp3) is 0.444. The number of guanidine groups is 1. The molecule has 2 N–H and O–H groups in total. The number of hydrogen-bond acceptors (Lipinski definition) is 2. The van der Waals surface area contributed by atoms with E-state index in [2.05, 4.69) is 27.6 Å². The fourth-order valence-electron chi connectivity index (χ4n) is 2.64. The number of halogens is 1. The summed E-state index contributed by atoms with van der Waals surface area (Å²) in [7, 11) is 3.69. The summed E-state index contributed by atoms with van der Waals surface area (Å²) in [4.78, 5) is 4.20. The van der Waals surface area contributed by atoms with Gasteiger partial charge in [0, 0.05) is 32.9 Å². The van der Waals surface area contributed by atoms with Crippen LogP contribution in [0, 0.1) is 26.6 Å². The lowest BCUT2D eigenvalue weighted by Crippen LogP contribution is -2.38. The molecule has 0 unspecified atom stereocenters. The van der Waals surface area contributed by atoms with Gasteiger partial charge >= 0.3 is 0 Å². The first kappa shape index (κ1) is 18.0. The number of benzene rings is 1. The normalized spacial score (nSPS) is 11.7. The molecule has 0 saturated carbocycles. The van der Waals surface area contributed by atoms with Crippen LogP contribution >= 0.6 is 0 Å². The lowest BCUT2D eigenvalue weighted by atomic mass is 10.1. The lowest BCUT2D eigenvalue weighted by Gasteiger charge is -2.12. The first-order valence-electron chi connectivity index (χ1n) is 8.11. The highest BCUT2D eigenvalue weighted by Crippen LogP contribution is 2.12. The van der Waals surface area contributed by atoms with E-state index in [1.807, 2.05) is 24.7 Å². The second-order valence-electron chi connectivity index (χ2n) is 5.96.